The molecule has 0 saturated carbocycles. The molecule has 0 aliphatic carbocycles. The molecule has 3 rings (SSSR count). The summed E-state index contributed by atoms with van der Waals surface area (Å²) < 4.78 is 42.7. The molecular weight excluding hydrogens is 565 g/mol. The van der Waals surface area contributed by atoms with E-state index in [1.165, 1.54) is 41.3 Å². The van der Waals surface area contributed by atoms with Gasteiger partial charge in [-0.15, -0.1) is 0 Å². The summed E-state index contributed by atoms with van der Waals surface area (Å²) in [5, 5.41) is 3.28. The Hall–Kier alpha value is -3.43. The molecule has 2 atom stereocenters. The van der Waals surface area contributed by atoms with E-state index in [1.807, 2.05) is 20.8 Å². The number of carbonyl (C=O) groups excluding carboxylic acids is 2. The lowest BCUT2D eigenvalue weighted by Crippen LogP contribution is -2.53. The fourth-order valence-corrected chi connectivity index (χ4v) is 6.01. The maximum atomic E-state index is 14.1. The van der Waals surface area contributed by atoms with E-state index in [1.54, 1.807) is 44.2 Å². The second kappa shape index (κ2) is 14.0. The topological polar surface area (TPSA) is 86.8 Å². The van der Waals surface area contributed by atoms with Crippen molar-refractivity contribution in [2.75, 3.05) is 10.8 Å². The van der Waals surface area contributed by atoms with Gasteiger partial charge in [-0.1, -0.05) is 61.3 Å². The molecular formula is C31H37ClFN3O4S. The van der Waals surface area contributed by atoms with Crippen molar-refractivity contribution in [1.82, 2.24) is 10.2 Å². The second-order valence-corrected chi connectivity index (χ2v) is 12.4. The quantitative estimate of drug-likeness (QED) is 0.275. The first kappa shape index (κ1) is 32.1. The van der Waals surface area contributed by atoms with Gasteiger partial charge in [-0.25, -0.2) is 12.8 Å². The van der Waals surface area contributed by atoms with Gasteiger partial charge >= 0.3 is 0 Å². The molecule has 7 nitrogen and oxygen atoms in total. The van der Waals surface area contributed by atoms with Crippen LogP contribution in [0, 0.1) is 19.7 Å². The van der Waals surface area contributed by atoms with Crippen LogP contribution in [0.4, 0.5) is 10.1 Å². The van der Waals surface area contributed by atoms with E-state index in [0.717, 1.165) is 9.87 Å². The standard InChI is InChI=1S/C31H37ClFN3O4S/c1-6-22(4)34-31(38)28(7-2)35(19-24-13-15-25(33)16-14-24)30(37)20-36(29-10-8-9-27(32)23(29)5)41(39,40)26-17-11-21(3)12-18-26/h8-18,22,28H,6-7,19-20H2,1-5H3,(H,34,38)/t22-,28-/m1/s1. The molecule has 0 spiro atoms. The van der Waals surface area contributed by atoms with Crippen LogP contribution in [-0.4, -0.2) is 43.8 Å². The number of hydrogen-bond acceptors (Lipinski definition) is 4. The number of hydrogen-bond donors (Lipinski definition) is 1. The minimum atomic E-state index is -4.22. The van der Waals surface area contributed by atoms with Gasteiger partial charge in [0, 0.05) is 17.6 Å². The first-order valence-electron chi connectivity index (χ1n) is 13.6. The summed E-state index contributed by atoms with van der Waals surface area (Å²) >= 11 is 6.37. The summed E-state index contributed by atoms with van der Waals surface area (Å²) in [4.78, 5) is 28.8. The summed E-state index contributed by atoms with van der Waals surface area (Å²) in [5.41, 5.74) is 2.23. The number of nitrogens with zero attached hydrogens (tertiary/aromatic N) is 2. The Kier molecular flexibility index (Phi) is 10.9. The summed E-state index contributed by atoms with van der Waals surface area (Å²) in [7, 11) is -4.22. The Morgan fingerprint density at radius 2 is 1.59 bits per heavy atom. The zero-order valence-electron chi connectivity index (χ0n) is 24.0. The van der Waals surface area contributed by atoms with Gasteiger partial charge in [-0.2, -0.15) is 0 Å². The lowest BCUT2D eigenvalue weighted by molar-refractivity contribution is -0.140. The number of aryl methyl sites for hydroxylation is 1. The van der Waals surface area contributed by atoms with Crippen molar-refractivity contribution in [1.29, 1.82) is 0 Å². The largest absolute Gasteiger partial charge is 0.352 e. The summed E-state index contributed by atoms with van der Waals surface area (Å²) in [6.45, 7) is 8.53. The monoisotopic (exact) mass is 601 g/mol. The van der Waals surface area contributed by atoms with Crippen LogP contribution >= 0.6 is 11.6 Å². The van der Waals surface area contributed by atoms with Gasteiger partial charge in [0.25, 0.3) is 10.0 Å². The summed E-state index contributed by atoms with van der Waals surface area (Å²) in [6.07, 6.45) is 0.987. The van der Waals surface area contributed by atoms with Gasteiger partial charge in [0.05, 0.1) is 10.6 Å². The van der Waals surface area contributed by atoms with Crippen LogP contribution in [-0.2, 0) is 26.2 Å². The Labute approximate surface area is 247 Å². The van der Waals surface area contributed by atoms with Crippen LogP contribution in [0.1, 0.15) is 50.3 Å². The van der Waals surface area contributed by atoms with Gasteiger partial charge in [0.15, 0.2) is 0 Å². The summed E-state index contributed by atoms with van der Waals surface area (Å²) in [5.74, 6) is -1.36. The Bertz CT molecular complexity index is 1460. The highest BCUT2D eigenvalue weighted by Gasteiger charge is 2.34. The zero-order chi connectivity index (χ0) is 30.3. The number of benzene rings is 3. The predicted octanol–water partition coefficient (Wildman–Crippen LogP) is 6.01. The number of rotatable bonds is 12. The zero-order valence-corrected chi connectivity index (χ0v) is 25.6. The van der Waals surface area contributed by atoms with Gasteiger partial charge in [0.2, 0.25) is 11.8 Å². The Morgan fingerprint density at radius 3 is 2.17 bits per heavy atom. The fraction of sp³-hybridized carbons (Fsp3) is 0.355. The van der Waals surface area contributed by atoms with E-state index < -0.39 is 34.3 Å². The van der Waals surface area contributed by atoms with Gasteiger partial charge in [-0.3, -0.25) is 13.9 Å². The van der Waals surface area contributed by atoms with E-state index in [2.05, 4.69) is 5.32 Å². The molecule has 0 radical (unpaired) electrons. The Morgan fingerprint density at radius 1 is 0.951 bits per heavy atom. The molecule has 0 aliphatic rings. The first-order chi connectivity index (χ1) is 19.4. The maximum absolute atomic E-state index is 14.1. The normalized spacial score (nSPS) is 12.9. The molecule has 10 heteroatoms. The van der Waals surface area contributed by atoms with Crippen molar-refractivity contribution < 1.29 is 22.4 Å². The SMILES string of the molecule is CC[C@@H](C)NC(=O)[C@@H](CC)N(Cc1ccc(F)cc1)C(=O)CN(c1cccc(Cl)c1C)S(=O)(=O)c1ccc(C)cc1. The third-order valence-corrected chi connectivity index (χ3v) is 9.23. The molecule has 41 heavy (non-hydrogen) atoms. The van der Waals surface area contributed by atoms with Crippen LogP contribution in [0.25, 0.3) is 0 Å². The van der Waals surface area contributed by atoms with Crippen LogP contribution in [0.15, 0.2) is 71.6 Å². The fourth-order valence-electron chi connectivity index (χ4n) is 4.36. The van der Waals surface area contributed by atoms with E-state index >= 15 is 0 Å². The lowest BCUT2D eigenvalue weighted by atomic mass is 10.1. The molecule has 0 fully saturated rings. The average Bonchev–Trinajstić information content (AvgIpc) is 2.94. The van der Waals surface area contributed by atoms with Gasteiger partial charge in [-0.05, 0) is 81.1 Å². The van der Waals surface area contributed by atoms with Crippen molar-refractivity contribution in [3.63, 3.8) is 0 Å². The molecule has 0 unspecified atom stereocenters. The van der Waals surface area contributed by atoms with Crippen LogP contribution in [0.2, 0.25) is 5.02 Å². The van der Waals surface area contributed by atoms with E-state index in [9.17, 15) is 22.4 Å². The van der Waals surface area contributed by atoms with E-state index in [4.69, 9.17) is 11.6 Å². The molecule has 0 aromatic heterocycles. The van der Waals surface area contributed by atoms with Crippen molar-refractivity contribution in [2.24, 2.45) is 0 Å². The molecule has 2 amide bonds. The third kappa shape index (κ3) is 7.86. The number of nitrogens with one attached hydrogen (secondary N) is 1. The number of anilines is 1. The van der Waals surface area contributed by atoms with Crippen LogP contribution in [0.5, 0.6) is 0 Å². The Balaban J connectivity index is 2.10. The number of carbonyl (C=O) groups is 2. The highest BCUT2D eigenvalue weighted by molar-refractivity contribution is 7.92. The van der Waals surface area contributed by atoms with Crippen molar-refractivity contribution in [2.45, 2.75) is 71.0 Å². The molecule has 3 aromatic carbocycles. The average molecular weight is 602 g/mol. The molecule has 1 N–H and O–H groups in total. The van der Waals surface area contributed by atoms with Crippen molar-refractivity contribution in [3.8, 4) is 0 Å². The van der Waals surface area contributed by atoms with Gasteiger partial charge in [0.1, 0.15) is 18.4 Å². The van der Waals surface area contributed by atoms with E-state index in [-0.39, 0.29) is 35.5 Å². The molecule has 0 aliphatic heterocycles. The molecule has 0 heterocycles. The van der Waals surface area contributed by atoms with Crippen molar-refractivity contribution in [3.05, 3.63) is 94.3 Å². The first-order valence-corrected chi connectivity index (χ1v) is 15.4. The summed E-state index contributed by atoms with van der Waals surface area (Å²) in [6, 6.07) is 15.9. The minimum absolute atomic E-state index is 0.0154. The van der Waals surface area contributed by atoms with Crippen LogP contribution < -0.4 is 9.62 Å². The molecule has 0 saturated heterocycles. The predicted molar refractivity (Wildman–Crippen MR) is 161 cm³/mol. The smallest absolute Gasteiger partial charge is 0.264 e. The third-order valence-electron chi connectivity index (χ3n) is 7.05. The van der Waals surface area contributed by atoms with Gasteiger partial charge < -0.3 is 10.2 Å². The van der Waals surface area contributed by atoms with Crippen LogP contribution in [0.3, 0.4) is 0 Å². The second-order valence-electron chi connectivity index (χ2n) is 10.1. The lowest BCUT2D eigenvalue weighted by Gasteiger charge is -2.34. The number of sulfonamides is 1. The number of halogens is 2. The molecule has 220 valence electrons. The van der Waals surface area contributed by atoms with E-state index in [0.29, 0.717) is 22.6 Å². The number of amides is 2. The highest BCUT2D eigenvalue weighted by Crippen LogP contribution is 2.31. The maximum Gasteiger partial charge on any atom is 0.264 e. The highest BCUT2D eigenvalue weighted by atomic mass is 35.5. The molecule has 0 bridgehead atoms. The van der Waals surface area contributed by atoms with Crippen molar-refractivity contribution >= 4 is 39.1 Å². The minimum Gasteiger partial charge on any atom is -0.352 e. The molecule has 3 aromatic rings.